The van der Waals surface area contributed by atoms with E-state index < -0.39 is 4.92 Å². The van der Waals surface area contributed by atoms with Crippen LogP contribution in [0.5, 0.6) is 0 Å². The van der Waals surface area contributed by atoms with Crippen LogP contribution in [0.25, 0.3) is 0 Å². The topological polar surface area (TPSA) is 64.4 Å². The molecule has 0 radical (unpaired) electrons. The Balaban J connectivity index is 2.09. The van der Waals surface area contributed by atoms with E-state index in [0.29, 0.717) is 12.1 Å². The number of aryl methyl sites for hydroxylation is 1. The molecule has 1 heterocycles. The maximum Gasteiger partial charge on any atom is 0.288 e. The molecule has 0 saturated carbocycles. The summed E-state index contributed by atoms with van der Waals surface area (Å²) in [4.78, 5) is 10.4. The average molecular weight is 313 g/mol. The predicted molar refractivity (Wildman–Crippen MR) is 84.1 cm³/mol. The molecule has 116 valence electrons. The number of hydrogen-bond acceptors (Lipinski definition) is 4. The number of anilines is 1. The maximum atomic E-state index is 10.9. The van der Waals surface area contributed by atoms with E-state index in [0.717, 1.165) is 43.5 Å². The van der Waals surface area contributed by atoms with E-state index in [1.807, 2.05) is 6.92 Å². The fourth-order valence-electron chi connectivity index (χ4n) is 2.72. The van der Waals surface area contributed by atoms with E-state index >= 15 is 0 Å². The van der Waals surface area contributed by atoms with E-state index in [4.69, 9.17) is 16.3 Å². The van der Waals surface area contributed by atoms with Gasteiger partial charge >= 0.3 is 0 Å². The molecular weight excluding hydrogens is 292 g/mol. The summed E-state index contributed by atoms with van der Waals surface area (Å²) in [6.45, 7) is 4.76. The van der Waals surface area contributed by atoms with Gasteiger partial charge in [-0.25, -0.2) is 0 Å². The van der Waals surface area contributed by atoms with Gasteiger partial charge in [0.15, 0.2) is 0 Å². The van der Waals surface area contributed by atoms with E-state index in [2.05, 4.69) is 12.2 Å². The molecule has 0 aromatic heterocycles. The molecule has 1 saturated heterocycles. The molecule has 1 aliphatic rings. The second-order valence-electron chi connectivity index (χ2n) is 5.52. The van der Waals surface area contributed by atoms with Crippen molar-refractivity contribution >= 4 is 23.0 Å². The van der Waals surface area contributed by atoms with Gasteiger partial charge in [0.25, 0.3) is 5.69 Å². The van der Waals surface area contributed by atoms with E-state index in [9.17, 15) is 10.1 Å². The summed E-state index contributed by atoms with van der Waals surface area (Å²) in [5, 5.41) is 14.5. The van der Waals surface area contributed by atoms with Crippen LogP contribution < -0.4 is 5.32 Å². The fourth-order valence-corrected chi connectivity index (χ4v) is 2.95. The zero-order valence-corrected chi connectivity index (χ0v) is 13.2. The molecule has 1 aromatic rings. The van der Waals surface area contributed by atoms with Crippen LogP contribution >= 0.6 is 11.6 Å². The van der Waals surface area contributed by atoms with Gasteiger partial charge < -0.3 is 10.1 Å². The highest BCUT2D eigenvalue weighted by molar-refractivity contribution is 6.33. The van der Waals surface area contributed by atoms with E-state index in [1.165, 1.54) is 6.07 Å². The van der Waals surface area contributed by atoms with Crippen LogP contribution in [0.2, 0.25) is 5.02 Å². The van der Waals surface area contributed by atoms with Gasteiger partial charge in [-0.15, -0.1) is 0 Å². The first kappa shape index (κ1) is 16.0. The molecule has 1 N–H and O–H groups in total. The molecule has 6 heteroatoms. The Hall–Kier alpha value is -1.33. The van der Waals surface area contributed by atoms with Crippen molar-refractivity contribution in [3.05, 3.63) is 32.8 Å². The Morgan fingerprint density at radius 3 is 2.95 bits per heavy atom. The number of nitro groups is 1. The van der Waals surface area contributed by atoms with Crippen LogP contribution in [0.3, 0.4) is 0 Å². The SMILES string of the molecule is CCCC1CC(Nc2cc(Cl)c([N+](=O)[O-])cc2C)CCO1. The number of nitrogens with zero attached hydrogens (tertiary/aromatic N) is 1. The Morgan fingerprint density at radius 1 is 1.52 bits per heavy atom. The molecule has 0 spiro atoms. The molecule has 1 aliphatic heterocycles. The molecule has 0 amide bonds. The quantitative estimate of drug-likeness (QED) is 0.649. The van der Waals surface area contributed by atoms with Crippen LogP contribution in [-0.2, 0) is 4.74 Å². The lowest BCUT2D eigenvalue weighted by atomic mass is 9.99. The molecule has 0 aliphatic carbocycles. The van der Waals surface area contributed by atoms with Gasteiger partial charge in [-0.2, -0.15) is 0 Å². The van der Waals surface area contributed by atoms with E-state index in [-0.39, 0.29) is 10.7 Å². The maximum absolute atomic E-state index is 10.9. The van der Waals surface area contributed by atoms with Gasteiger partial charge in [0.1, 0.15) is 5.02 Å². The molecular formula is C15H21ClN2O3. The minimum absolute atomic E-state index is 0.0458. The van der Waals surface area contributed by atoms with Crippen LogP contribution in [0.15, 0.2) is 12.1 Å². The second kappa shape index (κ2) is 7.09. The molecule has 5 nitrogen and oxygen atoms in total. The largest absolute Gasteiger partial charge is 0.382 e. The third kappa shape index (κ3) is 4.08. The average Bonchev–Trinajstić information content (AvgIpc) is 2.43. The normalized spacial score (nSPS) is 22.0. The smallest absolute Gasteiger partial charge is 0.288 e. The third-order valence-corrected chi connectivity index (χ3v) is 4.13. The number of benzene rings is 1. The molecule has 0 bridgehead atoms. The summed E-state index contributed by atoms with van der Waals surface area (Å²) < 4.78 is 5.74. The second-order valence-corrected chi connectivity index (χ2v) is 5.93. The molecule has 1 fully saturated rings. The first-order chi connectivity index (χ1) is 10.0. The first-order valence-electron chi connectivity index (χ1n) is 7.34. The summed E-state index contributed by atoms with van der Waals surface area (Å²) in [7, 11) is 0. The monoisotopic (exact) mass is 312 g/mol. The Labute approximate surface area is 129 Å². The lowest BCUT2D eigenvalue weighted by Gasteiger charge is -2.31. The van der Waals surface area contributed by atoms with Gasteiger partial charge in [-0.1, -0.05) is 24.9 Å². The van der Waals surface area contributed by atoms with Crippen molar-refractivity contribution in [2.45, 2.75) is 51.7 Å². The number of rotatable bonds is 5. The zero-order valence-electron chi connectivity index (χ0n) is 12.4. The predicted octanol–water partition coefficient (Wildman–Crippen LogP) is 4.32. The molecule has 2 unspecified atom stereocenters. The number of nitro benzene ring substituents is 1. The van der Waals surface area contributed by atoms with Crippen molar-refractivity contribution in [1.29, 1.82) is 0 Å². The Kier molecular flexibility index (Phi) is 5.42. The third-order valence-electron chi connectivity index (χ3n) is 3.83. The number of halogens is 1. The summed E-state index contributed by atoms with van der Waals surface area (Å²) in [5.74, 6) is 0. The summed E-state index contributed by atoms with van der Waals surface area (Å²) in [6.07, 6.45) is 4.38. The minimum Gasteiger partial charge on any atom is -0.382 e. The van der Waals surface area contributed by atoms with Crippen molar-refractivity contribution in [2.24, 2.45) is 0 Å². The Morgan fingerprint density at radius 2 is 2.29 bits per heavy atom. The van der Waals surface area contributed by atoms with Crippen LogP contribution in [-0.4, -0.2) is 23.7 Å². The van der Waals surface area contributed by atoms with Crippen molar-refractivity contribution in [1.82, 2.24) is 0 Å². The number of nitrogens with one attached hydrogen (secondary N) is 1. The van der Waals surface area contributed by atoms with Crippen LogP contribution in [0.1, 0.15) is 38.2 Å². The highest BCUT2D eigenvalue weighted by Crippen LogP contribution is 2.32. The van der Waals surface area contributed by atoms with Crippen molar-refractivity contribution < 1.29 is 9.66 Å². The molecule has 21 heavy (non-hydrogen) atoms. The van der Waals surface area contributed by atoms with Gasteiger partial charge in [-0.3, -0.25) is 10.1 Å². The fraction of sp³-hybridized carbons (Fsp3) is 0.600. The molecule has 2 rings (SSSR count). The van der Waals surface area contributed by atoms with Crippen LogP contribution in [0.4, 0.5) is 11.4 Å². The van der Waals surface area contributed by atoms with Gasteiger partial charge in [0.2, 0.25) is 0 Å². The van der Waals surface area contributed by atoms with Gasteiger partial charge in [0.05, 0.1) is 11.0 Å². The Bertz CT molecular complexity index is 520. The van der Waals surface area contributed by atoms with Crippen LogP contribution in [0, 0.1) is 17.0 Å². The lowest BCUT2D eigenvalue weighted by molar-refractivity contribution is -0.384. The molecule has 2 atom stereocenters. The number of ether oxygens (including phenoxy) is 1. The standard InChI is InChI=1S/C15H21ClN2O3/c1-3-4-12-8-11(5-6-21-12)17-14-9-13(16)15(18(19)20)7-10(14)2/h7,9,11-12,17H,3-6,8H2,1-2H3. The number of hydrogen-bond donors (Lipinski definition) is 1. The van der Waals surface area contributed by atoms with Crippen molar-refractivity contribution in [3.63, 3.8) is 0 Å². The minimum atomic E-state index is -0.454. The lowest BCUT2D eigenvalue weighted by Crippen LogP contribution is -2.34. The highest BCUT2D eigenvalue weighted by Gasteiger charge is 2.23. The van der Waals surface area contributed by atoms with Gasteiger partial charge in [0, 0.05) is 24.4 Å². The summed E-state index contributed by atoms with van der Waals surface area (Å²) in [5.41, 5.74) is 1.66. The zero-order chi connectivity index (χ0) is 15.4. The summed E-state index contributed by atoms with van der Waals surface area (Å²) in [6, 6.07) is 3.50. The van der Waals surface area contributed by atoms with E-state index in [1.54, 1.807) is 6.07 Å². The van der Waals surface area contributed by atoms with Crippen molar-refractivity contribution in [3.8, 4) is 0 Å². The van der Waals surface area contributed by atoms with Crippen molar-refractivity contribution in [2.75, 3.05) is 11.9 Å². The first-order valence-corrected chi connectivity index (χ1v) is 7.71. The molecule has 1 aromatic carbocycles. The summed E-state index contributed by atoms with van der Waals surface area (Å²) >= 11 is 5.99. The van der Waals surface area contributed by atoms with Gasteiger partial charge in [-0.05, 0) is 37.8 Å². The highest BCUT2D eigenvalue weighted by atomic mass is 35.5.